The zero-order chi connectivity index (χ0) is 21.8. The van der Waals surface area contributed by atoms with E-state index in [9.17, 15) is 18.1 Å². The molecule has 7 heteroatoms. The van der Waals surface area contributed by atoms with Crippen molar-refractivity contribution in [2.45, 2.75) is 82.4 Å². The number of hydrogen-bond acceptors (Lipinski definition) is 4. The Morgan fingerprint density at radius 2 is 1.42 bits per heavy atom. The molecule has 2 rings (SSSR count). The minimum absolute atomic E-state index is 0. The van der Waals surface area contributed by atoms with Crippen LogP contribution in [0, 0.1) is 0 Å². The van der Waals surface area contributed by atoms with Gasteiger partial charge < -0.3 is 9.84 Å². The van der Waals surface area contributed by atoms with E-state index in [4.69, 9.17) is 4.74 Å². The van der Waals surface area contributed by atoms with E-state index in [0.29, 0.717) is 23.5 Å². The number of ether oxygens (including phenoxy) is 1. The fraction of sp³-hybridized carbons (Fsp3) is 0.500. The quantitative estimate of drug-likeness (QED) is 0.259. The van der Waals surface area contributed by atoms with Gasteiger partial charge in [-0.05, 0) is 48.7 Å². The van der Waals surface area contributed by atoms with Crippen LogP contribution in [0.4, 0.5) is 0 Å². The number of benzene rings is 2. The summed E-state index contributed by atoms with van der Waals surface area (Å²) in [5.41, 5.74) is 0.535. The molecule has 0 amide bonds. The van der Waals surface area contributed by atoms with Crippen LogP contribution >= 0.6 is 0 Å². The minimum Gasteiger partial charge on any atom is -0.872 e. The molecule has 0 unspecified atom stereocenters. The third-order valence-electron chi connectivity index (χ3n) is 5.15. The summed E-state index contributed by atoms with van der Waals surface area (Å²) in [7, 11) is -4.30. The van der Waals surface area contributed by atoms with Crippen LogP contribution in [0.2, 0.25) is 0 Å². The first-order chi connectivity index (χ1) is 14.4. The second kappa shape index (κ2) is 15.4. The predicted molar refractivity (Wildman–Crippen MR) is 118 cm³/mol. The van der Waals surface area contributed by atoms with E-state index in [1.54, 1.807) is 18.2 Å². The molecule has 5 nitrogen and oxygen atoms in total. The Hall–Kier alpha value is -0.414. The topological polar surface area (TPSA) is 86.7 Å². The van der Waals surface area contributed by atoms with Crippen LogP contribution in [-0.4, -0.2) is 13.0 Å². The zero-order valence-electron chi connectivity index (χ0n) is 18.8. The molecule has 166 valence electrons. The first kappa shape index (κ1) is 28.6. The molecular weight excluding hydrogens is 439 g/mol. The smallest absolute Gasteiger partial charge is 0.872 e. The van der Waals surface area contributed by atoms with Crippen molar-refractivity contribution in [2.24, 2.45) is 0 Å². The first-order valence-electron chi connectivity index (χ1n) is 11.0. The Bertz CT molecular complexity index is 883. The molecule has 0 heterocycles. The van der Waals surface area contributed by atoms with Crippen molar-refractivity contribution in [1.82, 2.24) is 0 Å². The molecule has 0 aliphatic rings. The van der Waals surface area contributed by atoms with E-state index in [0.717, 1.165) is 19.3 Å². The summed E-state index contributed by atoms with van der Waals surface area (Å²) in [5.74, 6) is 0.676. The molecule has 0 fully saturated rings. The van der Waals surface area contributed by atoms with Crippen molar-refractivity contribution in [1.29, 1.82) is 0 Å². The Balaban J connectivity index is 0.00000480. The normalized spacial score (nSPS) is 11.2. The van der Waals surface area contributed by atoms with Crippen molar-refractivity contribution in [3.8, 4) is 17.2 Å². The molecule has 0 spiro atoms. The predicted octanol–water partition coefficient (Wildman–Crippen LogP) is 3.27. The van der Waals surface area contributed by atoms with Crippen molar-refractivity contribution in [3.05, 3.63) is 48.0 Å². The van der Waals surface area contributed by atoms with E-state index in [-0.39, 0.29) is 62.0 Å². The van der Waals surface area contributed by atoms with Crippen LogP contribution in [0.15, 0.2) is 47.4 Å². The molecule has 31 heavy (non-hydrogen) atoms. The Morgan fingerprint density at radius 3 is 2.00 bits per heavy atom. The molecule has 0 saturated heterocycles. The van der Waals surface area contributed by atoms with Crippen LogP contribution in [-0.2, 0) is 16.5 Å². The molecule has 0 aromatic heterocycles. The monoisotopic (exact) mass is 472 g/mol. The second-order valence-electron chi connectivity index (χ2n) is 7.75. The molecule has 0 aliphatic heterocycles. The zero-order valence-corrected chi connectivity index (χ0v) is 22.7. The van der Waals surface area contributed by atoms with Gasteiger partial charge in [0.25, 0.3) is 10.1 Å². The fourth-order valence-corrected chi connectivity index (χ4v) is 4.28. The van der Waals surface area contributed by atoms with Gasteiger partial charge in [0.2, 0.25) is 0 Å². The van der Waals surface area contributed by atoms with Gasteiger partial charge in [0.1, 0.15) is 11.5 Å². The van der Waals surface area contributed by atoms with E-state index in [1.807, 2.05) is 0 Å². The second-order valence-corrected chi connectivity index (χ2v) is 9.14. The Labute approximate surface area is 229 Å². The number of rotatable bonds is 14. The molecule has 1 N–H and O–H groups in total. The standard InChI is InChI=1S/C24H34O5S.K/c1-2-3-4-5-6-7-8-9-10-11-13-20-18-23(16-17-24(20)30(26,27)28)29-22-15-12-14-21(25)19-22;/h12,14-19,25H,2-11,13H2,1H3,(H,26,27,28);/q;+1/p-1. The van der Waals surface area contributed by atoms with Gasteiger partial charge >= 0.3 is 51.4 Å². The maximum atomic E-state index is 11.7. The van der Waals surface area contributed by atoms with E-state index in [1.165, 1.54) is 69.2 Å². The summed E-state index contributed by atoms with van der Waals surface area (Å²) in [6.45, 7) is 2.22. The molecule has 0 saturated carbocycles. The van der Waals surface area contributed by atoms with Gasteiger partial charge in [0, 0.05) is 0 Å². The first-order valence-corrected chi connectivity index (χ1v) is 12.4. The van der Waals surface area contributed by atoms with Crippen molar-refractivity contribution < 1.29 is 74.2 Å². The maximum absolute atomic E-state index is 11.7. The van der Waals surface area contributed by atoms with Crippen LogP contribution < -0.4 is 61.2 Å². The van der Waals surface area contributed by atoms with Crippen molar-refractivity contribution >= 4 is 10.1 Å². The Kier molecular flexibility index (Phi) is 14.2. The molecule has 0 aliphatic carbocycles. The van der Waals surface area contributed by atoms with Crippen LogP contribution in [0.1, 0.15) is 76.7 Å². The maximum Gasteiger partial charge on any atom is 1.00 e. The van der Waals surface area contributed by atoms with Crippen LogP contribution in [0.3, 0.4) is 0 Å². The van der Waals surface area contributed by atoms with Gasteiger partial charge in [-0.25, -0.2) is 0 Å². The van der Waals surface area contributed by atoms with E-state index >= 15 is 0 Å². The average Bonchev–Trinajstić information content (AvgIpc) is 2.69. The summed E-state index contributed by atoms with van der Waals surface area (Å²) in [5, 5.41) is 11.5. The van der Waals surface area contributed by atoms with Gasteiger partial charge in [-0.2, -0.15) is 8.42 Å². The minimum atomic E-state index is -4.30. The number of hydrogen-bond donors (Lipinski definition) is 1. The average molecular weight is 473 g/mol. The Morgan fingerprint density at radius 1 is 0.839 bits per heavy atom. The fourth-order valence-electron chi connectivity index (χ4n) is 3.54. The molecule has 0 radical (unpaired) electrons. The molecular formula is C24H33KO5S. The third kappa shape index (κ3) is 11.3. The van der Waals surface area contributed by atoms with Crippen LogP contribution in [0.25, 0.3) is 0 Å². The molecule has 2 aromatic rings. The number of unbranched alkanes of at least 4 members (excludes halogenated alkanes) is 9. The number of aryl methyl sites for hydroxylation is 1. The summed E-state index contributed by atoms with van der Waals surface area (Å²) in [6.07, 6.45) is 12.5. The van der Waals surface area contributed by atoms with Gasteiger partial charge in [0.15, 0.2) is 0 Å². The van der Waals surface area contributed by atoms with Gasteiger partial charge in [-0.3, -0.25) is 4.55 Å². The summed E-state index contributed by atoms with van der Waals surface area (Å²) < 4.78 is 38.7. The molecule has 0 bridgehead atoms. The summed E-state index contributed by atoms with van der Waals surface area (Å²) in [6, 6.07) is 10.6. The van der Waals surface area contributed by atoms with Crippen molar-refractivity contribution in [3.63, 3.8) is 0 Å². The van der Waals surface area contributed by atoms with E-state index in [2.05, 4.69) is 6.92 Å². The molecule has 0 atom stereocenters. The SMILES string of the molecule is CCCCCCCCCCCCc1cc(Oc2cccc([O-])c2)ccc1S(=O)(=O)O.[K+]. The van der Waals surface area contributed by atoms with Gasteiger partial charge in [-0.1, -0.05) is 76.8 Å². The van der Waals surface area contributed by atoms with Crippen molar-refractivity contribution in [2.75, 3.05) is 0 Å². The van der Waals surface area contributed by atoms with Crippen LogP contribution in [0.5, 0.6) is 17.2 Å². The largest absolute Gasteiger partial charge is 1.00 e. The van der Waals surface area contributed by atoms with E-state index < -0.39 is 10.1 Å². The third-order valence-corrected chi connectivity index (χ3v) is 6.10. The molecule has 2 aromatic carbocycles. The van der Waals surface area contributed by atoms with Gasteiger partial charge in [-0.15, -0.1) is 5.75 Å². The van der Waals surface area contributed by atoms with Gasteiger partial charge in [0.05, 0.1) is 4.90 Å². The summed E-state index contributed by atoms with van der Waals surface area (Å²) in [4.78, 5) is -0.0802. The summed E-state index contributed by atoms with van der Waals surface area (Å²) >= 11 is 0.